The smallest absolute Gasteiger partial charge is 0.160 e. The Labute approximate surface area is 101 Å². The van der Waals surface area contributed by atoms with Crippen LogP contribution < -0.4 is 5.32 Å². The van der Waals surface area contributed by atoms with E-state index in [1.165, 1.54) is 0 Å². The quantitative estimate of drug-likeness (QED) is 0.861. The highest BCUT2D eigenvalue weighted by atomic mass is 16.5. The van der Waals surface area contributed by atoms with Gasteiger partial charge in [0.25, 0.3) is 0 Å². The summed E-state index contributed by atoms with van der Waals surface area (Å²) in [7, 11) is 0. The highest BCUT2D eigenvalue weighted by Crippen LogP contribution is 2.20. The molecule has 1 aliphatic heterocycles. The molecule has 0 amide bonds. The molecule has 1 fully saturated rings. The van der Waals surface area contributed by atoms with Crippen molar-refractivity contribution in [2.75, 3.05) is 18.5 Å². The monoisotopic (exact) mass is 231 g/mol. The van der Waals surface area contributed by atoms with E-state index in [2.05, 4.69) is 33.8 Å². The summed E-state index contributed by atoms with van der Waals surface area (Å²) in [6.45, 7) is 3.78. The summed E-state index contributed by atoms with van der Waals surface area (Å²) in [5.41, 5.74) is 3.29. The van der Waals surface area contributed by atoms with Gasteiger partial charge in [0, 0.05) is 37.3 Å². The molecule has 0 spiro atoms. The molecule has 2 aromatic heterocycles. The highest BCUT2D eigenvalue weighted by Gasteiger charge is 2.15. The molecule has 0 radical (unpaired) electrons. The molecule has 17 heavy (non-hydrogen) atoms. The Morgan fingerprint density at radius 1 is 1.41 bits per heavy atom. The summed E-state index contributed by atoms with van der Waals surface area (Å²) in [6, 6.07) is 4.66. The number of ether oxygens (including phenoxy) is 1. The molecule has 0 saturated carbocycles. The van der Waals surface area contributed by atoms with E-state index in [1.807, 2.05) is 12.4 Å². The van der Waals surface area contributed by atoms with E-state index in [0.29, 0.717) is 6.04 Å². The normalized spacial score (nSPS) is 17.5. The first-order valence-electron chi connectivity index (χ1n) is 6.11. The largest absolute Gasteiger partial charge is 0.381 e. The number of pyridine rings is 1. The molecule has 0 aliphatic carbocycles. The van der Waals surface area contributed by atoms with Crippen LogP contribution in [-0.2, 0) is 4.74 Å². The number of nitrogens with one attached hydrogen (secondary N) is 1. The van der Waals surface area contributed by atoms with Gasteiger partial charge in [0.15, 0.2) is 5.65 Å². The van der Waals surface area contributed by atoms with Crippen LogP contribution in [0.1, 0.15) is 18.5 Å². The molecule has 0 bridgehead atoms. The van der Waals surface area contributed by atoms with Crippen molar-refractivity contribution >= 4 is 11.3 Å². The van der Waals surface area contributed by atoms with E-state index in [4.69, 9.17) is 4.74 Å². The first kappa shape index (κ1) is 10.6. The van der Waals surface area contributed by atoms with Crippen LogP contribution in [0.15, 0.2) is 24.5 Å². The van der Waals surface area contributed by atoms with E-state index in [9.17, 15) is 0 Å². The molecule has 4 heteroatoms. The molecular formula is C13H17N3O. The molecule has 1 aliphatic rings. The summed E-state index contributed by atoms with van der Waals surface area (Å²) >= 11 is 0. The van der Waals surface area contributed by atoms with Crippen molar-refractivity contribution < 1.29 is 4.74 Å². The molecule has 4 nitrogen and oxygen atoms in total. The Kier molecular flexibility index (Phi) is 2.73. The second kappa shape index (κ2) is 4.37. The van der Waals surface area contributed by atoms with Crippen molar-refractivity contribution in [1.82, 2.24) is 9.38 Å². The van der Waals surface area contributed by atoms with Crippen LogP contribution in [0.4, 0.5) is 5.69 Å². The molecule has 0 unspecified atom stereocenters. The summed E-state index contributed by atoms with van der Waals surface area (Å²) < 4.78 is 7.48. The van der Waals surface area contributed by atoms with Crippen molar-refractivity contribution in [3.05, 3.63) is 30.2 Å². The van der Waals surface area contributed by atoms with Crippen LogP contribution >= 0.6 is 0 Å². The topological polar surface area (TPSA) is 38.6 Å². The van der Waals surface area contributed by atoms with Gasteiger partial charge < -0.3 is 14.5 Å². The minimum Gasteiger partial charge on any atom is -0.381 e. The highest BCUT2D eigenvalue weighted by molar-refractivity contribution is 5.68. The Morgan fingerprint density at radius 3 is 3.06 bits per heavy atom. The number of nitrogens with zero attached hydrogens (tertiary/aromatic N) is 2. The summed E-state index contributed by atoms with van der Waals surface area (Å²) in [4.78, 5) is 4.45. The lowest BCUT2D eigenvalue weighted by atomic mass is 10.1. The van der Waals surface area contributed by atoms with Crippen molar-refractivity contribution in [3.8, 4) is 0 Å². The molecule has 90 valence electrons. The van der Waals surface area contributed by atoms with Gasteiger partial charge in [-0.1, -0.05) is 0 Å². The average Bonchev–Trinajstić information content (AvgIpc) is 2.74. The Hall–Kier alpha value is -1.55. The lowest BCUT2D eigenvalue weighted by Gasteiger charge is -2.24. The van der Waals surface area contributed by atoms with E-state index >= 15 is 0 Å². The van der Waals surface area contributed by atoms with Crippen molar-refractivity contribution in [1.29, 1.82) is 0 Å². The molecule has 3 heterocycles. The van der Waals surface area contributed by atoms with Gasteiger partial charge in [-0.3, -0.25) is 0 Å². The number of rotatable bonds is 2. The maximum atomic E-state index is 5.37. The van der Waals surface area contributed by atoms with Gasteiger partial charge >= 0.3 is 0 Å². The maximum absolute atomic E-state index is 5.37. The predicted octanol–water partition coefficient (Wildman–Crippen LogP) is 2.23. The van der Waals surface area contributed by atoms with E-state index in [0.717, 1.165) is 43.1 Å². The Bertz CT molecular complexity index is 514. The van der Waals surface area contributed by atoms with Crippen LogP contribution in [0.3, 0.4) is 0 Å². The third-order valence-electron chi connectivity index (χ3n) is 3.30. The number of aryl methyl sites for hydroxylation is 1. The summed E-state index contributed by atoms with van der Waals surface area (Å²) in [5, 5.41) is 3.57. The summed E-state index contributed by atoms with van der Waals surface area (Å²) in [5.74, 6) is 0. The summed E-state index contributed by atoms with van der Waals surface area (Å²) in [6.07, 6.45) is 6.10. The number of imidazole rings is 1. The van der Waals surface area contributed by atoms with Gasteiger partial charge in [0.2, 0.25) is 0 Å². The van der Waals surface area contributed by atoms with Crippen molar-refractivity contribution in [2.24, 2.45) is 0 Å². The zero-order valence-corrected chi connectivity index (χ0v) is 10.0. The maximum Gasteiger partial charge on any atom is 0.160 e. The molecule has 1 saturated heterocycles. The molecule has 3 rings (SSSR count). The number of anilines is 1. The molecular weight excluding hydrogens is 214 g/mol. The molecule has 1 N–H and O–H groups in total. The number of hydrogen-bond acceptors (Lipinski definition) is 3. The van der Waals surface area contributed by atoms with Crippen LogP contribution in [-0.4, -0.2) is 28.6 Å². The minimum absolute atomic E-state index is 0.506. The molecule has 0 aromatic carbocycles. The van der Waals surface area contributed by atoms with Gasteiger partial charge in [-0.25, -0.2) is 4.98 Å². The third kappa shape index (κ3) is 2.00. The van der Waals surface area contributed by atoms with Crippen LogP contribution in [0.25, 0.3) is 5.65 Å². The number of fused-ring (bicyclic) bond motifs is 1. The molecule has 0 atom stereocenters. The first-order valence-corrected chi connectivity index (χ1v) is 6.11. The predicted molar refractivity (Wildman–Crippen MR) is 67.4 cm³/mol. The lowest BCUT2D eigenvalue weighted by molar-refractivity contribution is 0.0905. The van der Waals surface area contributed by atoms with Gasteiger partial charge in [0.1, 0.15) is 0 Å². The zero-order valence-electron chi connectivity index (χ0n) is 10.0. The fraction of sp³-hybridized carbons (Fsp3) is 0.462. The fourth-order valence-corrected chi connectivity index (χ4v) is 2.31. The third-order valence-corrected chi connectivity index (χ3v) is 3.30. The second-order valence-electron chi connectivity index (χ2n) is 4.55. The van der Waals surface area contributed by atoms with Gasteiger partial charge in [-0.15, -0.1) is 0 Å². The van der Waals surface area contributed by atoms with Crippen LogP contribution in [0.2, 0.25) is 0 Å². The number of hydrogen-bond donors (Lipinski definition) is 1. The SMILES string of the molecule is Cc1cnc2c(NC3CCOCC3)cccn12. The van der Waals surface area contributed by atoms with Crippen molar-refractivity contribution in [2.45, 2.75) is 25.8 Å². The lowest BCUT2D eigenvalue weighted by Crippen LogP contribution is -2.28. The Morgan fingerprint density at radius 2 is 2.24 bits per heavy atom. The Balaban J connectivity index is 1.89. The second-order valence-corrected chi connectivity index (χ2v) is 4.55. The van der Waals surface area contributed by atoms with Crippen LogP contribution in [0.5, 0.6) is 0 Å². The zero-order chi connectivity index (χ0) is 11.7. The van der Waals surface area contributed by atoms with Gasteiger partial charge in [-0.2, -0.15) is 0 Å². The standard InChI is InChI=1S/C13H17N3O/c1-10-9-14-13-12(3-2-6-16(10)13)15-11-4-7-17-8-5-11/h2-3,6,9,11,15H,4-5,7-8H2,1H3. The molecule has 2 aromatic rings. The van der Waals surface area contributed by atoms with Gasteiger partial charge in [0.05, 0.1) is 5.69 Å². The first-order chi connectivity index (χ1) is 8.34. The van der Waals surface area contributed by atoms with E-state index in [-0.39, 0.29) is 0 Å². The number of aromatic nitrogens is 2. The van der Waals surface area contributed by atoms with E-state index in [1.54, 1.807) is 0 Å². The average molecular weight is 231 g/mol. The van der Waals surface area contributed by atoms with E-state index < -0.39 is 0 Å². The van der Waals surface area contributed by atoms with Crippen molar-refractivity contribution in [3.63, 3.8) is 0 Å². The van der Waals surface area contributed by atoms with Crippen LogP contribution in [0, 0.1) is 6.92 Å². The minimum atomic E-state index is 0.506. The fourth-order valence-electron chi connectivity index (χ4n) is 2.31. The van der Waals surface area contributed by atoms with Gasteiger partial charge in [-0.05, 0) is 31.9 Å².